The Bertz CT molecular complexity index is 507. The van der Waals surface area contributed by atoms with E-state index in [1.54, 1.807) is 0 Å². The maximum atomic E-state index is 4.48. The molecule has 0 aliphatic rings. The van der Waals surface area contributed by atoms with Crippen LogP contribution in [0.25, 0.3) is 0 Å². The molecular formula is C14H18IN3. The molecule has 1 atom stereocenters. The lowest BCUT2D eigenvalue weighted by molar-refractivity contribution is 0.554. The van der Waals surface area contributed by atoms with Crippen molar-refractivity contribution < 1.29 is 0 Å². The lowest BCUT2D eigenvalue weighted by Gasteiger charge is -2.20. The van der Waals surface area contributed by atoms with Crippen molar-refractivity contribution in [2.75, 3.05) is 6.54 Å². The molecule has 2 aromatic rings. The molecule has 0 spiro atoms. The van der Waals surface area contributed by atoms with E-state index >= 15 is 0 Å². The molecule has 0 fully saturated rings. The summed E-state index contributed by atoms with van der Waals surface area (Å²) in [7, 11) is 2.04. The first-order chi connectivity index (χ1) is 8.74. The van der Waals surface area contributed by atoms with Crippen LogP contribution in [0.1, 0.15) is 30.8 Å². The Kier molecular flexibility index (Phi) is 4.77. The van der Waals surface area contributed by atoms with E-state index in [1.807, 2.05) is 19.4 Å². The van der Waals surface area contributed by atoms with Crippen molar-refractivity contribution in [1.82, 2.24) is 14.9 Å². The summed E-state index contributed by atoms with van der Waals surface area (Å²) in [5.74, 6) is 1.06. The highest BCUT2D eigenvalue weighted by Crippen LogP contribution is 2.24. The summed E-state index contributed by atoms with van der Waals surface area (Å²) in [6, 6.07) is 8.63. The summed E-state index contributed by atoms with van der Waals surface area (Å²) in [6.45, 7) is 3.17. The highest BCUT2D eigenvalue weighted by atomic mass is 127. The summed E-state index contributed by atoms with van der Waals surface area (Å²) >= 11 is 2.39. The van der Waals surface area contributed by atoms with Crippen molar-refractivity contribution >= 4 is 22.6 Å². The molecule has 2 rings (SSSR count). The van der Waals surface area contributed by atoms with Gasteiger partial charge in [-0.05, 0) is 47.2 Å². The number of halogens is 1. The second kappa shape index (κ2) is 6.33. The van der Waals surface area contributed by atoms with Crippen molar-refractivity contribution in [2.45, 2.75) is 19.4 Å². The van der Waals surface area contributed by atoms with Gasteiger partial charge in [0.05, 0.1) is 6.04 Å². The third-order valence-electron chi connectivity index (χ3n) is 2.93. The van der Waals surface area contributed by atoms with E-state index in [9.17, 15) is 0 Å². The Morgan fingerprint density at radius 3 is 2.78 bits per heavy atom. The van der Waals surface area contributed by atoms with Crippen molar-refractivity contribution in [3.8, 4) is 0 Å². The molecule has 0 saturated carbocycles. The maximum Gasteiger partial charge on any atom is 0.130 e. The van der Waals surface area contributed by atoms with Gasteiger partial charge in [0.15, 0.2) is 0 Å². The molecule has 1 heterocycles. The van der Waals surface area contributed by atoms with Crippen molar-refractivity contribution in [3.05, 3.63) is 51.6 Å². The zero-order valence-corrected chi connectivity index (χ0v) is 12.9. The Morgan fingerprint density at radius 2 is 2.17 bits per heavy atom. The van der Waals surface area contributed by atoms with Crippen molar-refractivity contribution in [3.63, 3.8) is 0 Å². The van der Waals surface area contributed by atoms with Crippen LogP contribution in [0.4, 0.5) is 0 Å². The molecule has 0 saturated heterocycles. The largest absolute Gasteiger partial charge is 0.336 e. The molecule has 0 aliphatic heterocycles. The Hall–Kier alpha value is -0.880. The number of benzene rings is 1. The highest BCUT2D eigenvalue weighted by Gasteiger charge is 2.19. The predicted molar refractivity (Wildman–Crippen MR) is 82.5 cm³/mol. The van der Waals surface area contributed by atoms with Gasteiger partial charge in [0.1, 0.15) is 5.82 Å². The average molecular weight is 355 g/mol. The van der Waals surface area contributed by atoms with E-state index in [0.29, 0.717) is 0 Å². The van der Waals surface area contributed by atoms with Gasteiger partial charge in [-0.15, -0.1) is 0 Å². The van der Waals surface area contributed by atoms with E-state index in [1.165, 1.54) is 9.13 Å². The smallest absolute Gasteiger partial charge is 0.130 e. The quantitative estimate of drug-likeness (QED) is 0.836. The molecule has 0 radical (unpaired) electrons. The lowest BCUT2D eigenvalue weighted by atomic mass is 10.1. The Balaban J connectivity index is 2.37. The molecule has 18 heavy (non-hydrogen) atoms. The number of imidazole rings is 1. The minimum atomic E-state index is 0.165. The van der Waals surface area contributed by atoms with Crippen LogP contribution in [0.3, 0.4) is 0 Å². The van der Waals surface area contributed by atoms with E-state index in [4.69, 9.17) is 0 Å². The fourth-order valence-electron chi connectivity index (χ4n) is 1.99. The van der Waals surface area contributed by atoms with Gasteiger partial charge in [0.2, 0.25) is 0 Å². The minimum Gasteiger partial charge on any atom is -0.336 e. The number of nitrogens with one attached hydrogen (secondary N) is 1. The average Bonchev–Trinajstić information content (AvgIpc) is 2.78. The molecule has 1 aromatic carbocycles. The molecule has 1 aromatic heterocycles. The van der Waals surface area contributed by atoms with Gasteiger partial charge in [0, 0.05) is 23.0 Å². The Labute approximate surface area is 122 Å². The van der Waals surface area contributed by atoms with Gasteiger partial charge in [-0.3, -0.25) is 0 Å². The molecule has 1 N–H and O–H groups in total. The van der Waals surface area contributed by atoms with Crippen LogP contribution < -0.4 is 5.32 Å². The van der Waals surface area contributed by atoms with Crippen LogP contribution in [-0.2, 0) is 7.05 Å². The standard InChI is InChI=1S/C14H18IN3/c1-3-8-16-13(14-17-9-10-18(14)2)11-6-4-5-7-12(11)15/h4-7,9-10,13,16H,3,8H2,1-2H3. The third-order valence-corrected chi connectivity index (χ3v) is 3.91. The van der Waals surface area contributed by atoms with Gasteiger partial charge in [-0.25, -0.2) is 4.98 Å². The number of aryl methyl sites for hydroxylation is 1. The summed E-state index contributed by atoms with van der Waals surface area (Å²) in [5, 5.41) is 3.58. The number of rotatable bonds is 5. The maximum absolute atomic E-state index is 4.48. The van der Waals surface area contributed by atoms with E-state index < -0.39 is 0 Å². The van der Waals surface area contributed by atoms with Gasteiger partial charge < -0.3 is 9.88 Å². The SMILES string of the molecule is CCCNC(c1ccccc1I)c1nccn1C. The zero-order valence-electron chi connectivity index (χ0n) is 10.7. The van der Waals surface area contributed by atoms with Crippen LogP contribution in [0.2, 0.25) is 0 Å². The highest BCUT2D eigenvalue weighted by molar-refractivity contribution is 14.1. The van der Waals surface area contributed by atoms with E-state index in [2.05, 4.69) is 68.6 Å². The minimum absolute atomic E-state index is 0.165. The van der Waals surface area contributed by atoms with Crippen molar-refractivity contribution in [2.24, 2.45) is 7.05 Å². The van der Waals surface area contributed by atoms with E-state index in [-0.39, 0.29) is 6.04 Å². The normalized spacial score (nSPS) is 12.6. The summed E-state index contributed by atoms with van der Waals surface area (Å²) in [4.78, 5) is 4.48. The van der Waals surface area contributed by atoms with Crippen LogP contribution in [0.5, 0.6) is 0 Å². The molecule has 0 amide bonds. The molecule has 3 nitrogen and oxygen atoms in total. The first-order valence-electron chi connectivity index (χ1n) is 6.19. The fourth-order valence-corrected chi connectivity index (χ4v) is 2.69. The van der Waals surface area contributed by atoms with Gasteiger partial charge >= 0.3 is 0 Å². The van der Waals surface area contributed by atoms with Crippen LogP contribution in [0.15, 0.2) is 36.7 Å². The number of hydrogen-bond donors (Lipinski definition) is 1. The topological polar surface area (TPSA) is 29.9 Å². The first-order valence-corrected chi connectivity index (χ1v) is 7.27. The van der Waals surface area contributed by atoms with Gasteiger partial charge in [-0.1, -0.05) is 25.1 Å². The molecule has 96 valence electrons. The number of hydrogen-bond acceptors (Lipinski definition) is 2. The van der Waals surface area contributed by atoms with Crippen LogP contribution in [-0.4, -0.2) is 16.1 Å². The summed E-state index contributed by atoms with van der Waals surface area (Å²) < 4.78 is 3.35. The zero-order chi connectivity index (χ0) is 13.0. The predicted octanol–water partition coefficient (Wildman–Crippen LogP) is 3.11. The van der Waals surface area contributed by atoms with Crippen molar-refractivity contribution in [1.29, 1.82) is 0 Å². The molecule has 0 bridgehead atoms. The van der Waals surface area contributed by atoms with Gasteiger partial charge in [0.25, 0.3) is 0 Å². The number of nitrogens with zero attached hydrogens (tertiary/aromatic N) is 2. The number of aromatic nitrogens is 2. The summed E-state index contributed by atoms with van der Waals surface area (Å²) in [6.07, 6.45) is 4.96. The fraction of sp³-hybridized carbons (Fsp3) is 0.357. The monoisotopic (exact) mass is 355 g/mol. The Morgan fingerprint density at radius 1 is 1.39 bits per heavy atom. The van der Waals surface area contributed by atoms with Crippen LogP contribution in [0, 0.1) is 3.57 Å². The molecule has 4 heteroatoms. The third kappa shape index (κ3) is 2.92. The molecular weight excluding hydrogens is 337 g/mol. The molecule has 0 aliphatic carbocycles. The lowest BCUT2D eigenvalue weighted by Crippen LogP contribution is -2.26. The van der Waals surface area contributed by atoms with E-state index in [0.717, 1.165) is 18.8 Å². The second-order valence-electron chi connectivity index (χ2n) is 4.30. The van der Waals surface area contributed by atoms with Gasteiger partial charge in [-0.2, -0.15) is 0 Å². The summed E-state index contributed by atoms with van der Waals surface area (Å²) in [5.41, 5.74) is 1.29. The molecule has 1 unspecified atom stereocenters. The van der Waals surface area contributed by atoms with Crippen LogP contribution >= 0.6 is 22.6 Å². The first kappa shape index (κ1) is 13.5. The second-order valence-corrected chi connectivity index (χ2v) is 5.47.